The number of nitrogens with one attached hydrogen (secondary N) is 2. The van der Waals surface area contributed by atoms with Crippen molar-refractivity contribution in [2.75, 3.05) is 17.7 Å². The molecule has 0 bridgehead atoms. The van der Waals surface area contributed by atoms with E-state index in [9.17, 15) is 14.7 Å². The number of amides is 2. The fourth-order valence-electron chi connectivity index (χ4n) is 2.62. The zero-order valence-corrected chi connectivity index (χ0v) is 14.1. The monoisotopic (exact) mass is 352 g/mol. The van der Waals surface area contributed by atoms with Gasteiger partial charge in [-0.25, -0.2) is 4.79 Å². The van der Waals surface area contributed by atoms with Crippen LogP contribution >= 0.6 is 0 Å². The minimum absolute atomic E-state index is 0.137. The molecule has 1 heterocycles. The first-order valence-electron chi connectivity index (χ1n) is 7.92. The molecule has 132 valence electrons. The first kappa shape index (κ1) is 17.2. The molecule has 0 radical (unpaired) electrons. The molecule has 3 N–H and O–H groups in total. The zero-order chi connectivity index (χ0) is 18.5. The second kappa shape index (κ2) is 7.52. The van der Waals surface area contributed by atoms with Crippen molar-refractivity contribution in [1.82, 2.24) is 0 Å². The quantitative estimate of drug-likeness (QED) is 0.497. The summed E-state index contributed by atoms with van der Waals surface area (Å²) in [5.41, 5.74) is 0.651. The lowest BCUT2D eigenvalue weighted by Crippen LogP contribution is -2.39. The largest absolute Gasteiger partial charge is 0.505 e. The summed E-state index contributed by atoms with van der Waals surface area (Å²) >= 11 is 0. The number of methoxy groups -OCH3 is 1. The Balaban J connectivity index is 1.91. The van der Waals surface area contributed by atoms with Gasteiger partial charge in [-0.15, -0.1) is 0 Å². The van der Waals surface area contributed by atoms with Crippen molar-refractivity contribution in [3.8, 4) is 5.75 Å². The first-order chi connectivity index (χ1) is 12.6. The van der Waals surface area contributed by atoms with E-state index in [1.165, 1.54) is 7.11 Å². The maximum absolute atomic E-state index is 12.3. The molecule has 2 amide bonds. The molecule has 2 aromatic carbocycles. The Labute approximate surface area is 149 Å². The minimum atomic E-state index is -0.693. The number of hydrogen-bond acceptors (Lipinski definition) is 4. The van der Waals surface area contributed by atoms with Crippen LogP contribution in [0.1, 0.15) is 0 Å². The Kier molecular flexibility index (Phi) is 4.98. The predicted molar refractivity (Wildman–Crippen MR) is 96.9 cm³/mol. The fraction of sp³-hybridized carbons (Fsp3) is 0.105. The van der Waals surface area contributed by atoms with Gasteiger partial charge in [0.1, 0.15) is 5.75 Å². The fourth-order valence-corrected chi connectivity index (χ4v) is 2.62. The maximum Gasteiger partial charge on any atom is 0.411 e. The molecule has 1 aromatic heterocycles. The van der Waals surface area contributed by atoms with E-state index in [1.807, 2.05) is 18.2 Å². The summed E-state index contributed by atoms with van der Waals surface area (Å²) < 4.78 is 6.29. The van der Waals surface area contributed by atoms with Crippen molar-refractivity contribution in [2.24, 2.45) is 0 Å². The number of ether oxygens (including phenoxy) is 1. The summed E-state index contributed by atoms with van der Waals surface area (Å²) in [7, 11) is 1.24. The zero-order valence-electron chi connectivity index (χ0n) is 14.1. The molecular weight excluding hydrogens is 334 g/mol. The third kappa shape index (κ3) is 3.72. The van der Waals surface area contributed by atoms with E-state index >= 15 is 0 Å². The number of benzene rings is 2. The van der Waals surface area contributed by atoms with E-state index < -0.39 is 6.09 Å². The Hall–Kier alpha value is -3.61. The molecule has 0 atom stereocenters. The highest BCUT2D eigenvalue weighted by Gasteiger charge is 2.15. The molecule has 0 fully saturated rings. The second-order valence-electron chi connectivity index (χ2n) is 5.58. The maximum atomic E-state index is 12.3. The number of nitrogens with zero attached hydrogens (tertiary/aromatic N) is 1. The molecule has 0 aliphatic rings. The van der Waals surface area contributed by atoms with Crippen LogP contribution in [0.5, 0.6) is 5.75 Å². The van der Waals surface area contributed by atoms with Crippen LogP contribution in [0.4, 0.5) is 16.2 Å². The Bertz CT molecular complexity index is 958. The molecule has 0 unspecified atom stereocenters. The number of fused-ring (bicyclic) bond motifs is 1. The van der Waals surface area contributed by atoms with Crippen LogP contribution in [-0.2, 0) is 16.1 Å². The van der Waals surface area contributed by atoms with Crippen LogP contribution < -0.4 is 15.2 Å². The highest BCUT2D eigenvalue weighted by molar-refractivity contribution is 6.07. The van der Waals surface area contributed by atoms with Crippen LogP contribution in [0, 0.1) is 0 Å². The molecule has 3 rings (SSSR count). The Morgan fingerprint density at radius 1 is 1.00 bits per heavy atom. The van der Waals surface area contributed by atoms with Crippen LogP contribution in [0.25, 0.3) is 10.8 Å². The van der Waals surface area contributed by atoms with E-state index in [0.717, 1.165) is 5.39 Å². The SMILES string of the molecule is COC(=O)Nc1ccc2cccc(NC(=O)C[n+]3ccccc3)c2c1O. The average molecular weight is 352 g/mol. The van der Waals surface area contributed by atoms with Gasteiger partial charge in [0.05, 0.1) is 18.5 Å². The summed E-state index contributed by atoms with van der Waals surface area (Å²) in [4.78, 5) is 23.8. The average Bonchev–Trinajstić information content (AvgIpc) is 2.64. The van der Waals surface area contributed by atoms with E-state index in [-0.39, 0.29) is 23.9 Å². The molecule has 7 nitrogen and oxygen atoms in total. The number of pyridine rings is 1. The van der Waals surface area contributed by atoms with Gasteiger partial charge >= 0.3 is 6.09 Å². The highest BCUT2D eigenvalue weighted by atomic mass is 16.5. The highest BCUT2D eigenvalue weighted by Crippen LogP contribution is 2.37. The van der Waals surface area contributed by atoms with Crippen LogP contribution in [0.2, 0.25) is 0 Å². The third-order valence-electron chi connectivity index (χ3n) is 3.82. The summed E-state index contributed by atoms with van der Waals surface area (Å²) in [5, 5.41) is 17.0. The van der Waals surface area contributed by atoms with Crippen LogP contribution in [0.15, 0.2) is 60.9 Å². The number of phenols is 1. The van der Waals surface area contributed by atoms with Gasteiger partial charge in [-0.2, -0.15) is 4.57 Å². The number of rotatable bonds is 4. The lowest BCUT2D eigenvalue weighted by atomic mass is 10.1. The van der Waals surface area contributed by atoms with Crippen molar-refractivity contribution < 1.29 is 24.0 Å². The van der Waals surface area contributed by atoms with Crippen molar-refractivity contribution in [1.29, 1.82) is 0 Å². The minimum Gasteiger partial charge on any atom is -0.505 e. The Morgan fingerprint density at radius 2 is 1.77 bits per heavy atom. The topological polar surface area (TPSA) is 91.5 Å². The van der Waals surface area contributed by atoms with Gasteiger partial charge in [-0.3, -0.25) is 10.1 Å². The van der Waals surface area contributed by atoms with Crippen molar-refractivity contribution in [2.45, 2.75) is 6.54 Å². The summed E-state index contributed by atoms with van der Waals surface area (Å²) in [5.74, 6) is -0.379. The van der Waals surface area contributed by atoms with E-state index in [4.69, 9.17) is 0 Å². The number of anilines is 2. The van der Waals surface area contributed by atoms with E-state index in [2.05, 4.69) is 15.4 Å². The first-order valence-corrected chi connectivity index (χ1v) is 7.92. The number of aromatic hydroxyl groups is 1. The van der Waals surface area contributed by atoms with Crippen molar-refractivity contribution in [3.05, 3.63) is 60.9 Å². The number of carbonyl (C=O) groups excluding carboxylic acids is 2. The standard InChI is InChI=1S/C19H17N3O4/c1-26-19(25)21-15-9-8-13-6-5-7-14(17(13)18(15)24)20-16(23)12-22-10-3-2-4-11-22/h2-11H,12H2,1H3,(H2-,20,21,23,24,25)/p+1. The van der Waals surface area contributed by atoms with Crippen molar-refractivity contribution in [3.63, 3.8) is 0 Å². The molecule has 0 saturated heterocycles. The predicted octanol–water partition coefficient (Wildman–Crippen LogP) is 2.65. The van der Waals surface area contributed by atoms with E-state index in [1.54, 1.807) is 47.3 Å². The Morgan fingerprint density at radius 3 is 2.50 bits per heavy atom. The number of phenolic OH excluding ortho intramolecular Hbond substituents is 1. The van der Waals surface area contributed by atoms with E-state index in [0.29, 0.717) is 11.1 Å². The summed E-state index contributed by atoms with van der Waals surface area (Å²) in [6.45, 7) is 0.137. The van der Waals surface area contributed by atoms with Gasteiger partial charge in [0.15, 0.2) is 12.4 Å². The number of aromatic nitrogens is 1. The molecule has 26 heavy (non-hydrogen) atoms. The molecular formula is C19H18N3O4+. The smallest absolute Gasteiger partial charge is 0.411 e. The van der Waals surface area contributed by atoms with Gasteiger partial charge < -0.3 is 15.2 Å². The van der Waals surface area contributed by atoms with Crippen LogP contribution in [0.3, 0.4) is 0 Å². The summed E-state index contributed by atoms with van der Waals surface area (Å²) in [6.07, 6.45) is 2.89. The molecule has 7 heteroatoms. The molecule has 0 aliphatic carbocycles. The third-order valence-corrected chi connectivity index (χ3v) is 3.82. The van der Waals surface area contributed by atoms with Crippen LogP contribution in [-0.4, -0.2) is 24.2 Å². The van der Waals surface area contributed by atoms with Gasteiger partial charge in [0.2, 0.25) is 6.54 Å². The molecule has 0 saturated carbocycles. The lowest BCUT2D eigenvalue weighted by Gasteiger charge is -2.12. The van der Waals surface area contributed by atoms with Gasteiger partial charge in [0.25, 0.3) is 5.91 Å². The molecule has 3 aromatic rings. The second-order valence-corrected chi connectivity index (χ2v) is 5.58. The molecule has 0 spiro atoms. The van der Waals surface area contributed by atoms with Gasteiger partial charge in [0, 0.05) is 17.5 Å². The lowest BCUT2D eigenvalue weighted by molar-refractivity contribution is -0.684. The van der Waals surface area contributed by atoms with Gasteiger partial charge in [-0.05, 0) is 17.5 Å². The molecule has 0 aliphatic heterocycles. The van der Waals surface area contributed by atoms with Crippen molar-refractivity contribution >= 4 is 34.1 Å². The normalized spacial score (nSPS) is 10.3. The number of hydrogen-bond donors (Lipinski definition) is 3. The summed E-state index contributed by atoms with van der Waals surface area (Å²) in [6, 6.07) is 14.1. The van der Waals surface area contributed by atoms with Gasteiger partial charge in [-0.1, -0.05) is 24.3 Å². The number of carbonyl (C=O) groups is 2.